The molecular weight excluding hydrogens is 428 g/mol. The lowest BCUT2D eigenvalue weighted by Crippen LogP contribution is -2.51. The van der Waals surface area contributed by atoms with Gasteiger partial charge in [0.05, 0.1) is 24.0 Å². The van der Waals surface area contributed by atoms with Crippen LogP contribution in [-0.4, -0.2) is 84.6 Å². The molecule has 0 aromatic heterocycles. The van der Waals surface area contributed by atoms with Gasteiger partial charge < -0.3 is 25.4 Å². The lowest BCUT2D eigenvalue weighted by atomic mass is 10.0. The molecule has 34 heavy (non-hydrogen) atoms. The van der Waals surface area contributed by atoms with Crippen LogP contribution in [0.25, 0.3) is 11.1 Å². The third-order valence-corrected chi connectivity index (χ3v) is 6.62. The quantitative estimate of drug-likeness (QED) is 0.583. The second kappa shape index (κ2) is 11.8. The van der Waals surface area contributed by atoms with Crippen LogP contribution in [-0.2, 0) is 4.74 Å². The van der Waals surface area contributed by atoms with Crippen LogP contribution >= 0.6 is 0 Å². The van der Waals surface area contributed by atoms with E-state index in [-0.39, 0.29) is 30.4 Å². The Kier molecular flexibility index (Phi) is 8.56. The molecule has 1 unspecified atom stereocenters. The third-order valence-electron chi connectivity index (χ3n) is 6.62. The summed E-state index contributed by atoms with van der Waals surface area (Å²) in [5, 5.41) is 16.8. The van der Waals surface area contributed by atoms with E-state index < -0.39 is 0 Å². The number of aliphatic hydroxyl groups is 1. The number of aliphatic hydroxyl groups excluding tert-OH is 1. The Morgan fingerprint density at radius 1 is 0.971 bits per heavy atom. The minimum Gasteiger partial charge on any atom is -0.390 e. The first-order valence-electron chi connectivity index (χ1n) is 12.5. The second-order valence-corrected chi connectivity index (χ2v) is 9.71. The predicted molar refractivity (Wildman–Crippen MR) is 136 cm³/mol. The van der Waals surface area contributed by atoms with Gasteiger partial charge in [0.1, 0.15) is 0 Å². The van der Waals surface area contributed by atoms with Gasteiger partial charge in [0.25, 0.3) is 0 Å². The summed E-state index contributed by atoms with van der Waals surface area (Å²) < 4.78 is 5.78. The van der Waals surface area contributed by atoms with Gasteiger partial charge in [-0.3, -0.25) is 4.90 Å². The number of carbonyl (C=O) groups is 1. The van der Waals surface area contributed by atoms with E-state index in [0.29, 0.717) is 13.1 Å². The predicted octanol–water partition coefficient (Wildman–Crippen LogP) is 3.41. The fraction of sp³-hybridized carbons (Fsp3) is 0.519. The number of rotatable bonds is 7. The fourth-order valence-electron chi connectivity index (χ4n) is 5.15. The minimum atomic E-state index is -0.375. The van der Waals surface area contributed by atoms with E-state index in [4.69, 9.17) is 4.74 Å². The number of piperidine rings is 1. The van der Waals surface area contributed by atoms with Crippen molar-refractivity contribution in [2.24, 2.45) is 0 Å². The SMILES string of the molecule is C[C@@H]1CN(CC(O)CN2CCC(NC(=O)Nc3ccccc3-c3ccccc3)CC2)C[C@H](C)O1. The number of urea groups is 1. The molecule has 184 valence electrons. The summed E-state index contributed by atoms with van der Waals surface area (Å²) in [6.45, 7) is 9.01. The second-order valence-electron chi connectivity index (χ2n) is 9.71. The first kappa shape index (κ1) is 24.7. The Morgan fingerprint density at radius 2 is 1.59 bits per heavy atom. The zero-order chi connectivity index (χ0) is 23.9. The topological polar surface area (TPSA) is 77.1 Å². The van der Waals surface area contributed by atoms with Gasteiger partial charge in [0, 0.05) is 50.9 Å². The van der Waals surface area contributed by atoms with Crippen molar-refractivity contribution in [3.63, 3.8) is 0 Å². The van der Waals surface area contributed by atoms with Crippen LogP contribution in [0.15, 0.2) is 54.6 Å². The van der Waals surface area contributed by atoms with Gasteiger partial charge in [-0.25, -0.2) is 4.79 Å². The molecule has 2 aromatic rings. The Labute approximate surface area is 203 Å². The third kappa shape index (κ3) is 7.03. The first-order valence-corrected chi connectivity index (χ1v) is 12.5. The van der Waals surface area contributed by atoms with E-state index in [9.17, 15) is 9.90 Å². The number of nitrogens with one attached hydrogen (secondary N) is 2. The number of nitrogens with zero attached hydrogens (tertiary/aromatic N) is 2. The van der Waals surface area contributed by atoms with Crippen LogP contribution in [0.2, 0.25) is 0 Å². The molecule has 4 rings (SSSR count). The van der Waals surface area contributed by atoms with Crippen LogP contribution in [0.3, 0.4) is 0 Å². The number of likely N-dealkylation sites (tertiary alicyclic amines) is 1. The van der Waals surface area contributed by atoms with Crippen LogP contribution in [0.1, 0.15) is 26.7 Å². The van der Waals surface area contributed by atoms with Crippen molar-refractivity contribution < 1.29 is 14.6 Å². The summed E-state index contributed by atoms with van der Waals surface area (Å²) >= 11 is 0. The van der Waals surface area contributed by atoms with Gasteiger partial charge in [-0.05, 0) is 38.3 Å². The Bertz CT molecular complexity index is 907. The highest BCUT2D eigenvalue weighted by Gasteiger charge is 2.26. The minimum absolute atomic E-state index is 0.137. The van der Waals surface area contributed by atoms with Gasteiger partial charge in [-0.1, -0.05) is 48.5 Å². The maximum absolute atomic E-state index is 12.7. The summed E-state index contributed by atoms with van der Waals surface area (Å²) in [4.78, 5) is 17.3. The van der Waals surface area contributed by atoms with Crippen molar-refractivity contribution >= 4 is 11.7 Å². The van der Waals surface area contributed by atoms with Crippen molar-refractivity contribution in [2.45, 2.75) is 51.0 Å². The first-order chi connectivity index (χ1) is 16.5. The Morgan fingerprint density at radius 3 is 2.29 bits per heavy atom. The maximum atomic E-state index is 12.7. The van der Waals surface area contributed by atoms with Crippen LogP contribution < -0.4 is 10.6 Å². The average molecular weight is 467 g/mol. The number of para-hydroxylation sites is 1. The van der Waals surface area contributed by atoms with E-state index in [0.717, 1.165) is 55.8 Å². The Balaban J connectivity index is 1.21. The molecule has 0 spiro atoms. The molecule has 0 saturated carbocycles. The molecule has 0 bridgehead atoms. The number of benzene rings is 2. The van der Waals surface area contributed by atoms with Crippen molar-refractivity contribution in [2.75, 3.05) is 44.6 Å². The highest BCUT2D eigenvalue weighted by atomic mass is 16.5. The average Bonchev–Trinajstić information content (AvgIpc) is 2.80. The zero-order valence-corrected chi connectivity index (χ0v) is 20.3. The lowest BCUT2D eigenvalue weighted by molar-refractivity contribution is -0.0782. The molecule has 2 saturated heterocycles. The molecule has 2 aliphatic heterocycles. The molecular formula is C27H38N4O3. The van der Waals surface area contributed by atoms with E-state index >= 15 is 0 Å². The molecule has 0 radical (unpaired) electrons. The monoisotopic (exact) mass is 466 g/mol. The summed E-state index contributed by atoms with van der Waals surface area (Å²) in [6.07, 6.45) is 1.81. The van der Waals surface area contributed by atoms with Gasteiger partial charge in [-0.15, -0.1) is 0 Å². The highest BCUT2D eigenvalue weighted by molar-refractivity contribution is 5.94. The van der Waals surface area contributed by atoms with E-state index in [1.165, 1.54) is 0 Å². The summed E-state index contributed by atoms with van der Waals surface area (Å²) in [5.74, 6) is 0. The molecule has 2 fully saturated rings. The lowest BCUT2D eigenvalue weighted by Gasteiger charge is -2.38. The van der Waals surface area contributed by atoms with Crippen LogP contribution in [0.5, 0.6) is 0 Å². The summed E-state index contributed by atoms with van der Waals surface area (Å²) in [7, 11) is 0. The number of β-amino-alcohol motifs (C(OH)–C–C–N with tert-alkyl or cyclic N) is 1. The van der Waals surface area contributed by atoms with Crippen LogP contribution in [0, 0.1) is 0 Å². The number of hydrogen-bond donors (Lipinski definition) is 3. The molecule has 3 N–H and O–H groups in total. The van der Waals surface area contributed by atoms with E-state index in [1.54, 1.807) is 0 Å². The molecule has 2 amide bonds. The zero-order valence-electron chi connectivity index (χ0n) is 20.3. The number of amides is 2. The molecule has 2 aliphatic rings. The fourth-order valence-corrected chi connectivity index (χ4v) is 5.15. The van der Waals surface area contributed by atoms with Crippen LogP contribution in [0.4, 0.5) is 10.5 Å². The smallest absolute Gasteiger partial charge is 0.319 e. The van der Waals surface area contributed by atoms with E-state index in [1.807, 2.05) is 54.6 Å². The molecule has 7 nitrogen and oxygen atoms in total. The molecule has 2 heterocycles. The number of ether oxygens (including phenoxy) is 1. The van der Waals surface area contributed by atoms with Crippen molar-refractivity contribution in [3.8, 4) is 11.1 Å². The normalized spacial score (nSPS) is 23.4. The molecule has 2 aromatic carbocycles. The van der Waals surface area contributed by atoms with Gasteiger partial charge in [0.2, 0.25) is 0 Å². The maximum Gasteiger partial charge on any atom is 0.319 e. The standard InChI is InChI=1S/C27H38N4O3/c1-20-16-31(17-21(2)34-20)19-24(32)18-30-14-12-23(13-15-30)28-27(33)29-26-11-7-6-10-25(26)22-8-4-3-5-9-22/h3-11,20-21,23-24,32H,12-19H2,1-2H3,(H2,28,29,33)/t20-,21+,24?. The highest BCUT2D eigenvalue weighted by Crippen LogP contribution is 2.27. The number of morpholine rings is 1. The van der Waals surface area contributed by atoms with Crippen molar-refractivity contribution in [1.82, 2.24) is 15.1 Å². The van der Waals surface area contributed by atoms with Gasteiger partial charge in [0.15, 0.2) is 0 Å². The van der Waals surface area contributed by atoms with Crippen molar-refractivity contribution in [1.29, 1.82) is 0 Å². The molecule has 0 aliphatic carbocycles. The van der Waals surface area contributed by atoms with Gasteiger partial charge in [-0.2, -0.15) is 0 Å². The van der Waals surface area contributed by atoms with Crippen molar-refractivity contribution in [3.05, 3.63) is 54.6 Å². The number of hydrogen-bond acceptors (Lipinski definition) is 5. The molecule has 7 heteroatoms. The molecule has 3 atom stereocenters. The largest absolute Gasteiger partial charge is 0.390 e. The Hall–Kier alpha value is -2.45. The number of carbonyl (C=O) groups excluding carboxylic acids is 1. The summed E-state index contributed by atoms with van der Waals surface area (Å²) in [5.41, 5.74) is 2.89. The summed E-state index contributed by atoms with van der Waals surface area (Å²) in [6, 6.07) is 17.9. The van der Waals surface area contributed by atoms with E-state index in [2.05, 4.69) is 34.3 Å². The number of anilines is 1. The van der Waals surface area contributed by atoms with Gasteiger partial charge >= 0.3 is 6.03 Å².